The number of imide groups is 1. The molecule has 3 amide bonds. The summed E-state index contributed by atoms with van der Waals surface area (Å²) in [6.07, 6.45) is 1.50. The number of hydrogen-bond acceptors (Lipinski definition) is 6. The zero-order chi connectivity index (χ0) is 21.6. The molecule has 7 nitrogen and oxygen atoms in total. The van der Waals surface area contributed by atoms with Crippen LogP contribution >= 0.6 is 11.8 Å². The Morgan fingerprint density at radius 3 is 2.48 bits per heavy atom. The molecule has 2 heterocycles. The molecule has 0 aliphatic carbocycles. The number of hydrogen-bond donors (Lipinski definition) is 2. The molecule has 2 N–H and O–H groups in total. The van der Waals surface area contributed by atoms with E-state index in [0.717, 1.165) is 16.3 Å². The number of amides is 3. The lowest BCUT2D eigenvalue weighted by Gasteiger charge is -2.09. The van der Waals surface area contributed by atoms with Crippen molar-refractivity contribution < 1.29 is 18.4 Å². The lowest BCUT2D eigenvalue weighted by molar-refractivity contribution is -0.117. The Kier molecular flexibility index (Phi) is 6.23. The van der Waals surface area contributed by atoms with Gasteiger partial charge in [0.15, 0.2) is 0 Å². The Balaban J connectivity index is 1.43. The fourth-order valence-electron chi connectivity index (χ4n) is 2.93. The van der Waals surface area contributed by atoms with Gasteiger partial charge in [0.1, 0.15) is 22.3 Å². The molecule has 31 heavy (non-hydrogen) atoms. The summed E-state index contributed by atoms with van der Waals surface area (Å²) >= 11 is 1.18. The monoisotopic (exact) mass is 436 g/mol. The number of benzene rings is 2. The molecule has 0 saturated carbocycles. The minimum Gasteiger partial charge on any atom is -0.467 e. The highest BCUT2D eigenvalue weighted by Crippen LogP contribution is 2.31. The SMILES string of the molecule is O=C(CSc1nnc(-c2ccc(F)cc2)c2ccccc12)NC(=O)NCc1ccco1. The molecule has 0 aliphatic heterocycles. The van der Waals surface area contributed by atoms with Crippen molar-refractivity contribution in [2.24, 2.45) is 0 Å². The van der Waals surface area contributed by atoms with Crippen molar-refractivity contribution in [3.63, 3.8) is 0 Å². The van der Waals surface area contributed by atoms with Gasteiger partial charge in [-0.1, -0.05) is 36.0 Å². The first-order chi connectivity index (χ1) is 15.1. The predicted octanol–water partition coefficient (Wildman–Crippen LogP) is 4.15. The number of nitrogens with one attached hydrogen (secondary N) is 2. The summed E-state index contributed by atoms with van der Waals surface area (Å²) < 4.78 is 18.4. The first-order valence-corrected chi connectivity index (χ1v) is 10.3. The first-order valence-electron chi connectivity index (χ1n) is 9.34. The molecule has 0 saturated heterocycles. The van der Waals surface area contributed by atoms with Crippen LogP contribution in [-0.2, 0) is 11.3 Å². The molecule has 9 heteroatoms. The highest BCUT2D eigenvalue weighted by Gasteiger charge is 2.14. The van der Waals surface area contributed by atoms with Crippen molar-refractivity contribution in [3.05, 3.63) is 78.5 Å². The van der Waals surface area contributed by atoms with E-state index in [4.69, 9.17) is 4.42 Å². The molecule has 2 aromatic carbocycles. The fraction of sp³-hybridized carbons (Fsp3) is 0.0909. The summed E-state index contributed by atoms with van der Waals surface area (Å²) in [6.45, 7) is 0.181. The molecule has 0 atom stereocenters. The summed E-state index contributed by atoms with van der Waals surface area (Å²) in [7, 11) is 0. The summed E-state index contributed by atoms with van der Waals surface area (Å²) in [4.78, 5) is 24.0. The van der Waals surface area contributed by atoms with Crippen LogP contribution in [0.4, 0.5) is 9.18 Å². The van der Waals surface area contributed by atoms with Gasteiger partial charge in [-0.05, 0) is 36.4 Å². The van der Waals surface area contributed by atoms with Gasteiger partial charge in [0, 0.05) is 16.3 Å². The maximum Gasteiger partial charge on any atom is 0.321 e. The second-order valence-corrected chi connectivity index (χ2v) is 7.47. The number of urea groups is 1. The van der Waals surface area contributed by atoms with Gasteiger partial charge in [0.05, 0.1) is 18.6 Å². The zero-order valence-corrected chi connectivity index (χ0v) is 17.0. The lowest BCUT2D eigenvalue weighted by atomic mass is 10.1. The minimum absolute atomic E-state index is 0.0112. The van der Waals surface area contributed by atoms with Gasteiger partial charge in [0.25, 0.3) is 0 Å². The number of carbonyl (C=O) groups excluding carboxylic acids is 2. The summed E-state index contributed by atoms with van der Waals surface area (Å²) in [5.74, 6) is -0.217. The van der Waals surface area contributed by atoms with E-state index in [-0.39, 0.29) is 18.1 Å². The molecule has 0 fully saturated rings. The number of nitrogens with zero attached hydrogens (tertiary/aromatic N) is 2. The predicted molar refractivity (Wildman–Crippen MR) is 115 cm³/mol. The molecular formula is C22H17FN4O3S. The Morgan fingerprint density at radius 2 is 1.74 bits per heavy atom. The Morgan fingerprint density at radius 1 is 0.968 bits per heavy atom. The van der Waals surface area contributed by atoms with E-state index in [0.29, 0.717) is 16.5 Å². The molecule has 156 valence electrons. The lowest BCUT2D eigenvalue weighted by Crippen LogP contribution is -2.39. The van der Waals surface area contributed by atoms with Crippen LogP contribution in [0.3, 0.4) is 0 Å². The smallest absolute Gasteiger partial charge is 0.321 e. The third-order valence-corrected chi connectivity index (χ3v) is 5.35. The maximum absolute atomic E-state index is 13.3. The van der Waals surface area contributed by atoms with Crippen molar-refractivity contribution in [2.45, 2.75) is 11.6 Å². The van der Waals surface area contributed by atoms with E-state index >= 15 is 0 Å². The zero-order valence-electron chi connectivity index (χ0n) is 16.2. The number of halogens is 1. The van der Waals surface area contributed by atoms with Crippen LogP contribution in [0, 0.1) is 5.82 Å². The van der Waals surface area contributed by atoms with Gasteiger partial charge in [0.2, 0.25) is 5.91 Å². The number of carbonyl (C=O) groups is 2. The second-order valence-electron chi connectivity index (χ2n) is 6.51. The van der Waals surface area contributed by atoms with Crippen LogP contribution in [0.15, 0.2) is 76.4 Å². The van der Waals surface area contributed by atoms with Crippen molar-refractivity contribution in [2.75, 3.05) is 5.75 Å². The Labute approximate surface area is 181 Å². The van der Waals surface area contributed by atoms with Gasteiger partial charge in [-0.2, -0.15) is 0 Å². The number of fused-ring (bicyclic) bond motifs is 1. The molecule has 0 spiro atoms. The molecule has 0 bridgehead atoms. The maximum atomic E-state index is 13.3. The van der Waals surface area contributed by atoms with Gasteiger partial charge in [-0.25, -0.2) is 9.18 Å². The molecule has 0 radical (unpaired) electrons. The van der Waals surface area contributed by atoms with Crippen molar-refractivity contribution in [1.82, 2.24) is 20.8 Å². The third kappa shape index (κ3) is 5.07. The quantitative estimate of drug-likeness (QED) is 0.441. The van der Waals surface area contributed by atoms with Crippen LogP contribution in [0.2, 0.25) is 0 Å². The normalized spacial score (nSPS) is 10.7. The van der Waals surface area contributed by atoms with Crippen LogP contribution in [0.5, 0.6) is 0 Å². The van der Waals surface area contributed by atoms with Crippen molar-refractivity contribution in [1.29, 1.82) is 0 Å². The average Bonchev–Trinajstić information content (AvgIpc) is 3.30. The first kappa shape index (κ1) is 20.5. The second kappa shape index (κ2) is 9.40. The third-order valence-electron chi connectivity index (χ3n) is 4.37. The van der Waals surface area contributed by atoms with Crippen molar-refractivity contribution >= 4 is 34.5 Å². The van der Waals surface area contributed by atoms with E-state index < -0.39 is 11.9 Å². The van der Waals surface area contributed by atoms with Gasteiger partial charge in [-0.15, -0.1) is 10.2 Å². The van der Waals surface area contributed by atoms with Gasteiger partial charge < -0.3 is 9.73 Å². The van der Waals surface area contributed by atoms with Gasteiger partial charge >= 0.3 is 6.03 Å². The van der Waals surface area contributed by atoms with E-state index in [2.05, 4.69) is 20.8 Å². The Hall–Kier alpha value is -3.72. The number of furan rings is 1. The molecule has 0 aliphatic rings. The highest BCUT2D eigenvalue weighted by molar-refractivity contribution is 8.00. The average molecular weight is 436 g/mol. The Bertz CT molecular complexity index is 1210. The van der Waals surface area contributed by atoms with E-state index in [1.54, 1.807) is 24.3 Å². The summed E-state index contributed by atoms with van der Waals surface area (Å²) in [5.41, 5.74) is 1.37. The van der Waals surface area contributed by atoms with Crippen molar-refractivity contribution in [3.8, 4) is 11.3 Å². The molecule has 4 rings (SSSR count). The van der Waals surface area contributed by atoms with Crippen LogP contribution in [0.25, 0.3) is 22.0 Å². The number of thioether (sulfide) groups is 1. The minimum atomic E-state index is -0.607. The summed E-state index contributed by atoms with van der Waals surface area (Å²) in [5, 5.41) is 15.6. The summed E-state index contributed by atoms with van der Waals surface area (Å²) in [6, 6.07) is 16.4. The van der Waals surface area contributed by atoms with E-state index in [1.165, 1.54) is 30.2 Å². The number of aromatic nitrogens is 2. The van der Waals surface area contributed by atoms with E-state index in [9.17, 15) is 14.0 Å². The van der Waals surface area contributed by atoms with E-state index in [1.807, 2.05) is 24.3 Å². The van der Waals surface area contributed by atoms with Gasteiger partial charge in [-0.3, -0.25) is 10.1 Å². The largest absolute Gasteiger partial charge is 0.467 e. The van der Waals surface area contributed by atoms with Crippen LogP contribution < -0.4 is 10.6 Å². The molecule has 4 aromatic rings. The van der Waals surface area contributed by atoms with Crippen LogP contribution in [0.1, 0.15) is 5.76 Å². The number of rotatable bonds is 6. The molecular weight excluding hydrogens is 419 g/mol. The van der Waals surface area contributed by atoms with Crippen LogP contribution in [-0.4, -0.2) is 27.9 Å². The topological polar surface area (TPSA) is 97.1 Å². The highest BCUT2D eigenvalue weighted by atomic mass is 32.2. The molecule has 2 aromatic heterocycles. The fourth-order valence-corrected chi connectivity index (χ4v) is 3.70. The molecule has 0 unspecified atom stereocenters. The standard InChI is InChI=1S/C22H17FN4O3S/c23-15-9-7-14(8-10-15)20-17-5-1-2-6-18(17)21(27-26-20)31-13-19(28)25-22(29)24-12-16-4-3-11-30-16/h1-11H,12-13H2,(H2,24,25,28,29).